The minimum absolute atomic E-state index is 0.222. The highest BCUT2D eigenvalue weighted by Gasteiger charge is 1.89. The summed E-state index contributed by atoms with van der Waals surface area (Å²) in [6, 6.07) is 0. The quantitative estimate of drug-likeness (QED) is 0.341. The van der Waals surface area contributed by atoms with Crippen LogP contribution in [0.2, 0.25) is 0 Å². The molecule has 0 aromatic carbocycles. The van der Waals surface area contributed by atoms with E-state index in [9.17, 15) is 4.79 Å². The van der Waals surface area contributed by atoms with E-state index in [1.807, 2.05) is 0 Å². The summed E-state index contributed by atoms with van der Waals surface area (Å²) in [6.45, 7) is 1.60. The van der Waals surface area contributed by atoms with Crippen LogP contribution >= 0.6 is 0 Å². The first kappa shape index (κ1) is 11.4. The number of carbonyl (C=O) groups is 1. The molecule has 0 saturated carbocycles. The molecule has 0 bridgehead atoms. The predicted octanol–water partition coefficient (Wildman–Crippen LogP) is -1.57. The molecule has 0 aliphatic carbocycles. The van der Waals surface area contributed by atoms with Gasteiger partial charge >= 0.3 is 15.5 Å². The van der Waals surface area contributed by atoms with Gasteiger partial charge in [0.25, 0.3) is 0 Å². The lowest BCUT2D eigenvalue weighted by Crippen LogP contribution is -2.07. The summed E-state index contributed by atoms with van der Waals surface area (Å²) in [6.07, 6.45) is 0.222. The number of carboxylic acids is 1. The zero-order valence-electron chi connectivity index (χ0n) is 4.90. The van der Waals surface area contributed by atoms with Gasteiger partial charge in [0.1, 0.15) is 0 Å². The Bertz CT molecular complexity index is 69.8. The topological polar surface area (TPSA) is 98.0 Å². The summed E-state index contributed by atoms with van der Waals surface area (Å²) < 4.78 is 0. The first-order valence-corrected chi connectivity index (χ1v) is 3.50. The van der Waals surface area contributed by atoms with E-state index in [1.54, 1.807) is 6.92 Å². The third-order valence-electron chi connectivity index (χ3n) is 0.302. The van der Waals surface area contributed by atoms with Crippen LogP contribution in [-0.4, -0.2) is 35.0 Å². The van der Waals surface area contributed by atoms with Crippen molar-refractivity contribution in [1.82, 2.24) is 0 Å². The summed E-state index contributed by atoms with van der Waals surface area (Å²) in [5.74, 6) is -0.745. The number of rotatable bonds is 1. The van der Waals surface area contributed by atoms with Crippen LogP contribution in [0.3, 0.4) is 0 Å². The standard InChI is InChI=1S/C3H6O2.H3O3Si/c1-2-3(4)5;1-4(2)3/h2H2,1H3,(H,4,5);1-3H. The Hall–Kier alpha value is -0.433. The predicted molar refractivity (Wildman–Crippen MR) is 30.3 cm³/mol. The molecule has 0 aromatic heterocycles. The van der Waals surface area contributed by atoms with Crippen molar-refractivity contribution >= 4 is 15.5 Å². The van der Waals surface area contributed by atoms with Gasteiger partial charge < -0.3 is 19.5 Å². The van der Waals surface area contributed by atoms with Gasteiger partial charge in [-0.05, 0) is 0 Å². The van der Waals surface area contributed by atoms with E-state index in [0.29, 0.717) is 0 Å². The smallest absolute Gasteiger partial charge is 0.481 e. The Morgan fingerprint density at radius 1 is 1.44 bits per heavy atom. The molecule has 0 aromatic rings. The fraction of sp³-hybridized carbons (Fsp3) is 0.667. The van der Waals surface area contributed by atoms with E-state index in [1.165, 1.54) is 0 Å². The van der Waals surface area contributed by atoms with Crippen molar-refractivity contribution in [3.05, 3.63) is 0 Å². The maximum absolute atomic E-state index is 9.37. The molecule has 0 aliphatic heterocycles. The first-order valence-electron chi connectivity index (χ1n) is 2.16. The minimum atomic E-state index is -2.88. The van der Waals surface area contributed by atoms with Crippen molar-refractivity contribution in [3.63, 3.8) is 0 Å². The van der Waals surface area contributed by atoms with Crippen LogP contribution in [0.25, 0.3) is 0 Å². The summed E-state index contributed by atoms with van der Waals surface area (Å²) in [5, 5.41) is 7.72. The normalized spacial score (nSPS) is 8.11. The molecule has 0 unspecified atom stereocenters. The minimum Gasteiger partial charge on any atom is -0.481 e. The van der Waals surface area contributed by atoms with Crippen LogP contribution < -0.4 is 0 Å². The Labute approximate surface area is 54.2 Å². The highest BCUT2D eigenvalue weighted by molar-refractivity contribution is 6.30. The van der Waals surface area contributed by atoms with Gasteiger partial charge in [0.05, 0.1) is 0 Å². The molecule has 0 saturated heterocycles. The van der Waals surface area contributed by atoms with Crippen molar-refractivity contribution in [2.45, 2.75) is 13.3 Å². The van der Waals surface area contributed by atoms with Gasteiger partial charge in [-0.25, -0.2) is 0 Å². The maximum Gasteiger partial charge on any atom is 0.569 e. The van der Waals surface area contributed by atoms with Gasteiger partial charge in [-0.3, -0.25) is 4.79 Å². The molecule has 5 nitrogen and oxygen atoms in total. The van der Waals surface area contributed by atoms with E-state index in [4.69, 9.17) is 19.5 Å². The molecule has 9 heavy (non-hydrogen) atoms. The largest absolute Gasteiger partial charge is 0.569 e. The van der Waals surface area contributed by atoms with E-state index >= 15 is 0 Å². The molecule has 0 aliphatic rings. The van der Waals surface area contributed by atoms with Gasteiger partial charge in [-0.2, -0.15) is 0 Å². The summed E-state index contributed by atoms with van der Waals surface area (Å²) in [7, 11) is -2.88. The molecule has 1 radical (unpaired) electrons. The number of hydrogen-bond donors (Lipinski definition) is 4. The Morgan fingerprint density at radius 2 is 1.56 bits per heavy atom. The number of carboxylic acid groups (broad SMARTS) is 1. The molecule has 0 fully saturated rings. The zero-order chi connectivity index (χ0) is 7.86. The SMILES string of the molecule is CCC(=O)O.O[Si](O)O. The van der Waals surface area contributed by atoms with Crippen molar-refractivity contribution in [2.75, 3.05) is 0 Å². The van der Waals surface area contributed by atoms with Crippen molar-refractivity contribution in [2.24, 2.45) is 0 Å². The lowest BCUT2D eigenvalue weighted by Gasteiger charge is -1.71. The molecule has 0 atom stereocenters. The lowest BCUT2D eigenvalue weighted by molar-refractivity contribution is -0.136. The van der Waals surface area contributed by atoms with Gasteiger partial charge in [0, 0.05) is 6.42 Å². The molecule has 55 valence electrons. The molecule has 0 heterocycles. The highest BCUT2D eigenvalue weighted by atomic mass is 28.3. The number of aliphatic carboxylic acids is 1. The summed E-state index contributed by atoms with van der Waals surface area (Å²) >= 11 is 0. The molecule has 0 spiro atoms. The molecule has 4 N–H and O–H groups in total. The highest BCUT2D eigenvalue weighted by Crippen LogP contribution is 1.67. The van der Waals surface area contributed by atoms with Gasteiger partial charge in [-0.1, -0.05) is 6.92 Å². The summed E-state index contributed by atoms with van der Waals surface area (Å²) in [4.78, 5) is 31.2. The van der Waals surface area contributed by atoms with Crippen molar-refractivity contribution < 1.29 is 24.3 Å². The van der Waals surface area contributed by atoms with Crippen LogP contribution in [0.1, 0.15) is 13.3 Å². The second kappa shape index (κ2) is 7.57. The van der Waals surface area contributed by atoms with Crippen molar-refractivity contribution in [1.29, 1.82) is 0 Å². The number of hydrogen-bond acceptors (Lipinski definition) is 4. The molecular formula is C3H9O5Si. The molecule has 0 amide bonds. The van der Waals surface area contributed by atoms with Crippen molar-refractivity contribution in [3.8, 4) is 0 Å². The van der Waals surface area contributed by atoms with Gasteiger partial charge in [0.2, 0.25) is 0 Å². The Kier molecular flexibility index (Phi) is 9.56. The second-order valence-electron chi connectivity index (χ2n) is 1.05. The van der Waals surface area contributed by atoms with E-state index in [-0.39, 0.29) is 6.42 Å². The Balaban J connectivity index is 0. The summed E-state index contributed by atoms with van der Waals surface area (Å²) in [5.41, 5.74) is 0. The molecule has 0 rings (SSSR count). The fourth-order valence-electron chi connectivity index (χ4n) is 0. The van der Waals surface area contributed by atoms with Gasteiger partial charge in [-0.15, -0.1) is 0 Å². The van der Waals surface area contributed by atoms with E-state index < -0.39 is 15.5 Å². The van der Waals surface area contributed by atoms with Crippen LogP contribution in [0.4, 0.5) is 0 Å². The average molecular weight is 153 g/mol. The second-order valence-corrected chi connectivity index (χ2v) is 1.65. The van der Waals surface area contributed by atoms with Crippen LogP contribution in [-0.2, 0) is 4.79 Å². The van der Waals surface area contributed by atoms with Gasteiger partial charge in [0.15, 0.2) is 0 Å². The average Bonchev–Trinajstić information content (AvgIpc) is 1.65. The first-order chi connectivity index (χ1) is 4.00. The van der Waals surface area contributed by atoms with Crippen LogP contribution in [0.5, 0.6) is 0 Å². The van der Waals surface area contributed by atoms with E-state index in [2.05, 4.69) is 0 Å². The third-order valence-corrected chi connectivity index (χ3v) is 0.302. The fourth-order valence-corrected chi connectivity index (χ4v) is 0. The van der Waals surface area contributed by atoms with Crippen LogP contribution in [0.15, 0.2) is 0 Å². The lowest BCUT2D eigenvalue weighted by atomic mass is 10.5. The zero-order valence-corrected chi connectivity index (χ0v) is 5.90. The van der Waals surface area contributed by atoms with Crippen LogP contribution in [0, 0.1) is 0 Å². The Morgan fingerprint density at radius 3 is 1.56 bits per heavy atom. The molecular weight excluding hydrogens is 144 g/mol. The monoisotopic (exact) mass is 153 g/mol. The van der Waals surface area contributed by atoms with E-state index in [0.717, 1.165) is 0 Å². The molecule has 6 heteroatoms. The third kappa shape index (κ3) is 95.5. The maximum atomic E-state index is 9.37.